The molecule has 0 aliphatic rings. The van der Waals surface area contributed by atoms with Crippen molar-refractivity contribution < 1.29 is 14.3 Å². The standard InChI is InChI=1S/C20H18N2O3S/c1-13-8-9-16(14(2)10-13)19(24)25-11-18(23)22-20-21-17(12-26-20)15-6-4-3-5-7-15/h3-10,12H,11H2,1-2H3,(H,21,22,23). The number of aryl methyl sites for hydroxylation is 2. The molecule has 1 heterocycles. The van der Waals surface area contributed by atoms with Crippen molar-refractivity contribution in [2.75, 3.05) is 11.9 Å². The normalized spacial score (nSPS) is 10.4. The summed E-state index contributed by atoms with van der Waals surface area (Å²) >= 11 is 1.32. The van der Waals surface area contributed by atoms with Gasteiger partial charge in [0.15, 0.2) is 11.7 Å². The van der Waals surface area contributed by atoms with Crippen molar-refractivity contribution in [2.45, 2.75) is 13.8 Å². The van der Waals surface area contributed by atoms with E-state index in [0.29, 0.717) is 10.7 Å². The molecule has 3 rings (SSSR count). The average molecular weight is 366 g/mol. The van der Waals surface area contributed by atoms with Crippen molar-refractivity contribution in [3.05, 3.63) is 70.6 Å². The van der Waals surface area contributed by atoms with E-state index in [1.807, 2.05) is 61.7 Å². The largest absolute Gasteiger partial charge is 0.452 e. The average Bonchev–Trinajstić information content (AvgIpc) is 3.09. The zero-order chi connectivity index (χ0) is 18.5. The number of anilines is 1. The maximum absolute atomic E-state index is 12.1. The number of hydrogen-bond donors (Lipinski definition) is 1. The zero-order valence-corrected chi connectivity index (χ0v) is 15.3. The highest BCUT2D eigenvalue weighted by molar-refractivity contribution is 7.14. The Bertz CT molecular complexity index is 935. The molecule has 5 nitrogen and oxygen atoms in total. The van der Waals surface area contributed by atoms with Crippen molar-refractivity contribution in [3.8, 4) is 11.3 Å². The van der Waals surface area contributed by atoms with Crippen LogP contribution in [-0.4, -0.2) is 23.5 Å². The second-order valence-electron chi connectivity index (χ2n) is 5.85. The van der Waals surface area contributed by atoms with E-state index in [1.54, 1.807) is 6.07 Å². The molecule has 0 radical (unpaired) electrons. The SMILES string of the molecule is Cc1ccc(C(=O)OCC(=O)Nc2nc(-c3ccccc3)cs2)c(C)c1. The number of esters is 1. The molecule has 3 aromatic rings. The smallest absolute Gasteiger partial charge is 0.338 e. The van der Waals surface area contributed by atoms with Gasteiger partial charge in [-0.15, -0.1) is 11.3 Å². The van der Waals surface area contributed by atoms with Crippen molar-refractivity contribution in [2.24, 2.45) is 0 Å². The van der Waals surface area contributed by atoms with E-state index in [4.69, 9.17) is 4.74 Å². The van der Waals surface area contributed by atoms with Crippen LogP contribution in [0, 0.1) is 13.8 Å². The minimum atomic E-state index is -0.512. The molecule has 0 aliphatic carbocycles. The summed E-state index contributed by atoms with van der Waals surface area (Å²) in [5.74, 6) is -0.932. The van der Waals surface area contributed by atoms with Crippen LogP contribution < -0.4 is 5.32 Å². The Hall–Kier alpha value is -2.99. The summed E-state index contributed by atoms with van der Waals surface area (Å²) in [7, 11) is 0. The van der Waals surface area contributed by atoms with Crippen molar-refractivity contribution in [3.63, 3.8) is 0 Å². The summed E-state index contributed by atoms with van der Waals surface area (Å²) in [6, 6.07) is 15.1. The van der Waals surface area contributed by atoms with Gasteiger partial charge in [0, 0.05) is 10.9 Å². The molecule has 1 N–H and O–H groups in total. The van der Waals surface area contributed by atoms with Crippen LogP contribution in [0.4, 0.5) is 5.13 Å². The van der Waals surface area contributed by atoms with Crippen molar-refractivity contribution in [1.29, 1.82) is 0 Å². The van der Waals surface area contributed by atoms with Gasteiger partial charge in [-0.1, -0.05) is 48.0 Å². The fraction of sp³-hybridized carbons (Fsp3) is 0.150. The number of ether oxygens (including phenoxy) is 1. The molecule has 0 fully saturated rings. The molecule has 0 saturated carbocycles. The Morgan fingerprint density at radius 2 is 1.88 bits per heavy atom. The number of carbonyl (C=O) groups excluding carboxylic acids is 2. The third-order valence-electron chi connectivity index (χ3n) is 3.76. The lowest BCUT2D eigenvalue weighted by Gasteiger charge is -2.07. The predicted molar refractivity (Wildman–Crippen MR) is 102 cm³/mol. The predicted octanol–water partition coefficient (Wildman–Crippen LogP) is 4.22. The Balaban J connectivity index is 1.56. The minimum Gasteiger partial charge on any atom is -0.452 e. The first-order valence-electron chi connectivity index (χ1n) is 8.08. The fourth-order valence-electron chi connectivity index (χ4n) is 2.48. The van der Waals surface area contributed by atoms with Crippen molar-refractivity contribution in [1.82, 2.24) is 4.98 Å². The van der Waals surface area contributed by atoms with Gasteiger partial charge < -0.3 is 4.74 Å². The number of thiazole rings is 1. The summed E-state index contributed by atoms with van der Waals surface area (Å²) in [5.41, 5.74) is 4.12. The molecule has 1 aromatic heterocycles. The number of benzene rings is 2. The first kappa shape index (κ1) is 17.8. The quantitative estimate of drug-likeness (QED) is 0.687. The highest BCUT2D eigenvalue weighted by Crippen LogP contribution is 2.24. The second-order valence-corrected chi connectivity index (χ2v) is 6.70. The molecule has 132 valence electrons. The molecule has 0 bridgehead atoms. The Labute approximate surface area is 155 Å². The van der Waals surface area contributed by atoms with Crippen LogP contribution in [0.5, 0.6) is 0 Å². The van der Waals surface area contributed by atoms with Crippen LogP contribution in [0.1, 0.15) is 21.5 Å². The third-order valence-corrected chi connectivity index (χ3v) is 4.51. The summed E-state index contributed by atoms with van der Waals surface area (Å²) in [4.78, 5) is 28.5. The van der Waals surface area contributed by atoms with E-state index in [2.05, 4.69) is 10.3 Å². The van der Waals surface area contributed by atoms with Gasteiger partial charge in [0.2, 0.25) is 0 Å². The van der Waals surface area contributed by atoms with Gasteiger partial charge in [0.05, 0.1) is 11.3 Å². The fourth-order valence-corrected chi connectivity index (χ4v) is 3.22. The van der Waals surface area contributed by atoms with E-state index >= 15 is 0 Å². The number of hydrogen-bond acceptors (Lipinski definition) is 5. The van der Waals surface area contributed by atoms with Gasteiger partial charge in [0.1, 0.15) is 0 Å². The molecular formula is C20H18N2O3S. The minimum absolute atomic E-state index is 0.355. The lowest BCUT2D eigenvalue weighted by Crippen LogP contribution is -2.21. The lowest BCUT2D eigenvalue weighted by molar-refractivity contribution is -0.119. The third kappa shape index (κ3) is 4.34. The van der Waals surface area contributed by atoms with Gasteiger partial charge in [-0.25, -0.2) is 9.78 Å². The molecular weight excluding hydrogens is 348 g/mol. The molecule has 0 atom stereocenters. The Morgan fingerprint density at radius 3 is 2.62 bits per heavy atom. The van der Waals surface area contributed by atoms with E-state index in [1.165, 1.54) is 11.3 Å². The number of nitrogens with one attached hydrogen (secondary N) is 1. The second kappa shape index (κ2) is 7.93. The van der Waals surface area contributed by atoms with Crippen LogP contribution in [0.25, 0.3) is 11.3 Å². The van der Waals surface area contributed by atoms with Crippen molar-refractivity contribution >= 4 is 28.3 Å². The van der Waals surface area contributed by atoms with Crippen LogP contribution in [-0.2, 0) is 9.53 Å². The number of amides is 1. The highest BCUT2D eigenvalue weighted by atomic mass is 32.1. The van der Waals surface area contributed by atoms with Crippen LogP contribution in [0.3, 0.4) is 0 Å². The molecule has 0 aliphatic heterocycles. The van der Waals surface area contributed by atoms with Crippen LogP contribution in [0.2, 0.25) is 0 Å². The van der Waals surface area contributed by atoms with Gasteiger partial charge in [-0.3, -0.25) is 10.1 Å². The molecule has 0 spiro atoms. The van der Waals surface area contributed by atoms with E-state index in [9.17, 15) is 9.59 Å². The monoisotopic (exact) mass is 366 g/mol. The summed E-state index contributed by atoms with van der Waals surface area (Å²) in [6.45, 7) is 3.43. The van der Waals surface area contributed by atoms with Gasteiger partial charge >= 0.3 is 5.97 Å². The zero-order valence-electron chi connectivity index (χ0n) is 14.5. The number of aromatic nitrogens is 1. The molecule has 1 amide bonds. The number of nitrogens with zero attached hydrogens (tertiary/aromatic N) is 1. The van der Waals surface area contributed by atoms with E-state index in [-0.39, 0.29) is 6.61 Å². The molecule has 26 heavy (non-hydrogen) atoms. The van der Waals surface area contributed by atoms with Crippen LogP contribution >= 0.6 is 11.3 Å². The van der Waals surface area contributed by atoms with E-state index in [0.717, 1.165) is 22.4 Å². The summed E-state index contributed by atoms with van der Waals surface area (Å²) in [5, 5.41) is 4.99. The summed E-state index contributed by atoms with van der Waals surface area (Å²) < 4.78 is 5.10. The Kier molecular flexibility index (Phi) is 5.43. The molecule has 0 saturated heterocycles. The van der Waals surface area contributed by atoms with Gasteiger partial charge in [0.25, 0.3) is 5.91 Å². The highest BCUT2D eigenvalue weighted by Gasteiger charge is 2.14. The number of rotatable bonds is 5. The maximum atomic E-state index is 12.1. The molecule has 2 aromatic carbocycles. The van der Waals surface area contributed by atoms with E-state index < -0.39 is 11.9 Å². The topological polar surface area (TPSA) is 68.3 Å². The van der Waals surface area contributed by atoms with Gasteiger partial charge in [-0.05, 0) is 25.5 Å². The van der Waals surface area contributed by atoms with Gasteiger partial charge in [-0.2, -0.15) is 0 Å². The molecule has 6 heteroatoms. The summed E-state index contributed by atoms with van der Waals surface area (Å²) in [6.07, 6.45) is 0. The van der Waals surface area contributed by atoms with Crippen LogP contribution in [0.15, 0.2) is 53.9 Å². The number of carbonyl (C=O) groups is 2. The first-order valence-corrected chi connectivity index (χ1v) is 8.96. The first-order chi connectivity index (χ1) is 12.5. The molecule has 0 unspecified atom stereocenters. The lowest BCUT2D eigenvalue weighted by atomic mass is 10.1. The Morgan fingerprint density at radius 1 is 1.12 bits per heavy atom. The maximum Gasteiger partial charge on any atom is 0.338 e.